The number of likely N-dealkylation sites (N-methyl/N-ethyl adjacent to an activating group) is 1. The van der Waals surface area contributed by atoms with Gasteiger partial charge in [0.2, 0.25) is 11.8 Å². The summed E-state index contributed by atoms with van der Waals surface area (Å²) in [6.07, 6.45) is 15.7. The van der Waals surface area contributed by atoms with Crippen LogP contribution in [0.15, 0.2) is 82.9 Å². The van der Waals surface area contributed by atoms with Crippen LogP contribution in [0.3, 0.4) is 0 Å². The maximum Gasteiger partial charge on any atom is 0.236 e. The number of methoxy groups -OCH3 is 1. The van der Waals surface area contributed by atoms with Gasteiger partial charge in [-0.25, -0.2) is 0 Å². The van der Waals surface area contributed by atoms with Crippen molar-refractivity contribution in [3.05, 3.63) is 94.1 Å². The van der Waals surface area contributed by atoms with Gasteiger partial charge >= 0.3 is 0 Å². The van der Waals surface area contributed by atoms with E-state index in [1.165, 1.54) is 16.8 Å². The fourth-order valence-corrected chi connectivity index (χ4v) is 7.61. The predicted molar refractivity (Wildman–Crippen MR) is 196 cm³/mol. The third-order valence-corrected chi connectivity index (χ3v) is 10.8. The van der Waals surface area contributed by atoms with Gasteiger partial charge in [0.15, 0.2) is 0 Å². The molecule has 1 aromatic rings. The summed E-state index contributed by atoms with van der Waals surface area (Å²) in [5.41, 5.74) is 6.71. The summed E-state index contributed by atoms with van der Waals surface area (Å²) in [7, 11) is 5.78. The van der Waals surface area contributed by atoms with Crippen molar-refractivity contribution in [2.75, 3.05) is 47.4 Å². The minimum absolute atomic E-state index is 0.0521. The maximum absolute atomic E-state index is 14.1. The molecule has 0 radical (unpaired) electrons. The van der Waals surface area contributed by atoms with Crippen LogP contribution in [0, 0.1) is 12.8 Å². The average molecular weight is 671 g/mol. The first-order chi connectivity index (χ1) is 23.5. The Morgan fingerprint density at radius 2 is 1.78 bits per heavy atom. The van der Waals surface area contributed by atoms with Crippen LogP contribution in [-0.2, 0) is 19.1 Å². The molecule has 0 bridgehead atoms. The van der Waals surface area contributed by atoms with Crippen LogP contribution < -0.4 is 0 Å². The first-order valence-corrected chi connectivity index (χ1v) is 18.3. The molecule has 2 heterocycles. The van der Waals surface area contributed by atoms with Crippen LogP contribution >= 0.6 is 0 Å². The van der Waals surface area contributed by atoms with Crippen LogP contribution in [0.1, 0.15) is 83.4 Å². The normalized spacial score (nSPS) is 23.2. The number of amides is 2. The van der Waals surface area contributed by atoms with Crippen molar-refractivity contribution in [3.8, 4) is 0 Å². The van der Waals surface area contributed by atoms with Crippen LogP contribution in [0.4, 0.5) is 0 Å². The van der Waals surface area contributed by atoms with Gasteiger partial charge in [0.1, 0.15) is 11.9 Å². The molecule has 0 aromatic heterocycles. The maximum atomic E-state index is 14.1. The smallest absolute Gasteiger partial charge is 0.236 e. The highest BCUT2D eigenvalue weighted by atomic mass is 16.5. The third kappa shape index (κ3) is 8.76. The molecule has 0 spiro atoms. The van der Waals surface area contributed by atoms with Gasteiger partial charge in [-0.2, -0.15) is 0 Å². The highest BCUT2D eigenvalue weighted by Crippen LogP contribution is 2.45. The molecule has 2 aliphatic heterocycles. The summed E-state index contributed by atoms with van der Waals surface area (Å²) in [6, 6.07) is 8.76. The number of hydrogen-bond donors (Lipinski definition) is 0. The molecule has 0 N–H and O–H groups in total. The molecule has 2 aliphatic carbocycles. The van der Waals surface area contributed by atoms with Gasteiger partial charge in [-0.3, -0.25) is 14.5 Å². The van der Waals surface area contributed by atoms with Crippen LogP contribution in [0.5, 0.6) is 0 Å². The van der Waals surface area contributed by atoms with Gasteiger partial charge in [-0.05, 0) is 87.5 Å². The summed E-state index contributed by atoms with van der Waals surface area (Å²) in [6.45, 7) is 14.0. The number of benzene rings is 1. The van der Waals surface area contributed by atoms with Crippen molar-refractivity contribution in [1.29, 1.82) is 0 Å². The van der Waals surface area contributed by atoms with Crippen LogP contribution in [-0.4, -0.2) is 97.0 Å². The molecular formula is C41H58N4O4. The summed E-state index contributed by atoms with van der Waals surface area (Å²) in [5.74, 6) is 1.65. The van der Waals surface area contributed by atoms with Crippen LogP contribution in [0.2, 0.25) is 0 Å². The number of carbonyl (C=O) groups excluding carboxylic acids is 2. The fraction of sp³-hybridized carbons (Fsp3) is 0.561. The van der Waals surface area contributed by atoms with Crippen molar-refractivity contribution < 1.29 is 19.1 Å². The molecule has 4 unspecified atom stereocenters. The highest BCUT2D eigenvalue weighted by molar-refractivity contribution is 5.85. The van der Waals surface area contributed by atoms with Gasteiger partial charge < -0.3 is 24.2 Å². The zero-order chi connectivity index (χ0) is 35.2. The zero-order valence-corrected chi connectivity index (χ0v) is 31.1. The second-order valence-corrected chi connectivity index (χ2v) is 14.7. The van der Waals surface area contributed by atoms with E-state index < -0.39 is 0 Å². The summed E-state index contributed by atoms with van der Waals surface area (Å²) in [5, 5.41) is 0. The molecule has 4 atom stereocenters. The van der Waals surface area contributed by atoms with Crippen molar-refractivity contribution in [2.24, 2.45) is 5.92 Å². The molecule has 0 saturated carbocycles. The van der Waals surface area contributed by atoms with Crippen molar-refractivity contribution >= 4 is 11.8 Å². The summed E-state index contributed by atoms with van der Waals surface area (Å²) in [4.78, 5) is 34.9. The molecule has 1 saturated heterocycles. The highest BCUT2D eigenvalue weighted by Gasteiger charge is 2.40. The lowest BCUT2D eigenvalue weighted by Crippen LogP contribution is -2.51. The summed E-state index contributed by atoms with van der Waals surface area (Å²) < 4.78 is 12.1. The second kappa shape index (κ2) is 16.4. The lowest BCUT2D eigenvalue weighted by molar-refractivity contribution is -0.135. The molecule has 4 aliphatic rings. The number of piperazine rings is 1. The topological polar surface area (TPSA) is 65.6 Å². The Labute approximate surface area is 294 Å². The van der Waals surface area contributed by atoms with Crippen LogP contribution in [0.25, 0.3) is 0 Å². The van der Waals surface area contributed by atoms with Gasteiger partial charge in [0.05, 0.1) is 32.2 Å². The third-order valence-electron chi connectivity index (χ3n) is 10.8. The SMILES string of the molecule is CCC(CCC(C)N1CCN(C)C(=O)C1)CN(C)C1=CC=C(N2C(=O)CC3=C(CC(OC(C)C)C(OC)=C3)C2c2ccc(C)cc2)C=CC1. The molecule has 5 rings (SSSR count). The van der Waals surface area contributed by atoms with Gasteiger partial charge in [0, 0.05) is 64.0 Å². The van der Waals surface area contributed by atoms with E-state index in [4.69, 9.17) is 9.47 Å². The van der Waals surface area contributed by atoms with E-state index in [1.54, 1.807) is 7.11 Å². The molecule has 2 amide bonds. The Hall–Kier alpha value is -3.62. The first-order valence-electron chi connectivity index (χ1n) is 18.3. The number of hydrogen-bond acceptors (Lipinski definition) is 6. The minimum atomic E-state index is -0.226. The Balaban J connectivity index is 1.34. The molecule has 8 heteroatoms. The van der Waals surface area contributed by atoms with E-state index in [0.717, 1.165) is 67.9 Å². The first kappa shape index (κ1) is 36.7. The van der Waals surface area contributed by atoms with E-state index in [9.17, 15) is 9.59 Å². The van der Waals surface area contributed by atoms with Crippen molar-refractivity contribution in [2.45, 2.75) is 97.4 Å². The lowest BCUT2D eigenvalue weighted by atomic mass is 9.80. The van der Waals surface area contributed by atoms with E-state index in [2.05, 4.69) is 100 Å². The zero-order valence-electron chi connectivity index (χ0n) is 31.1. The van der Waals surface area contributed by atoms with Gasteiger partial charge in [-0.1, -0.05) is 49.2 Å². The number of nitrogens with zero attached hydrogens (tertiary/aromatic N) is 4. The number of aryl methyl sites for hydroxylation is 1. The Kier molecular flexibility index (Phi) is 12.3. The van der Waals surface area contributed by atoms with E-state index in [1.807, 2.05) is 22.9 Å². The number of allylic oxidation sites excluding steroid dienone is 5. The molecule has 49 heavy (non-hydrogen) atoms. The molecular weight excluding hydrogens is 612 g/mol. The molecule has 266 valence electrons. The quantitative estimate of drug-likeness (QED) is 0.227. The minimum Gasteiger partial charge on any atom is -0.498 e. The van der Waals surface area contributed by atoms with E-state index in [0.29, 0.717) is 31.3 Å². The Bertz CT molecular complexity index is 1500. The average Bonchev–Trinajstić information content (AvgIpc) is 3.33. The standard InChI is InChI=1S/C41H58N4O4/c1-9-31(16-15-30(5)44-22-21-42(6)40(47)27-44)26-43(7)34-11-10-12-35(20-19-34)45-39(46)24-33-23-37(48-8)38(49-28(2)3)25-36(33)41(45)32-17-13-29(4)14-18-32/h10,12-14,17-20,23,28,30-31,38,41H,9,11,15-16,21-22,24-27H2,1-8H3. The molecule has 1 fully saturated rings. The Morgan fingerprint density at radius 3 is 2.45 bits per heavy atom. The largest absolute Gasteiger partial charge is 0.498 e. The second-order valence-electron chi connectivity index (χ2n) is 14.7. The predicted octanol–water partition coefficient (Wildman–Crippen LogP) is 6.92. The van der Waals surface area contributed by atoms with Gasteiger partial charge in [-0.15, -0.1) is 0 Å². The van der Waals surface area contributed by atoms with Gasteiger partial charge in [0.25, 0.3) is 0 Å². The van der Waals surface area contributed by atoms with Crippen molar-refractivity contribution in [3.63, 3.8) is 0 Å². The molecule has 1 aromatic carbocycles. The monoisotopic (exact) mass is 670 g/mol. The fourth-order valence-electron chi connectivity index (χ4n) is 7.61. The van der Waals surface area contributed by atoms with E-state index >= 15 is 0 Å². The van der Waals surface area contributed by atoms with Crippen molar-refractivity contribution in [1.82, 2.24) is 19.6 Å². The number of rotatable bonds is 13. The number of ether oxygens (including phenoxy) is 2. The summed E-state index contributed by atoms with van der Waals surface area (Å²) >= 11 is 0. The van der Waals surface area contributed by atoms with E-state index in [-0.39, 0.29) is 30.1 Å². The number of carbonyl (C=O) groups is 2. The Morgan fingerprint density at radius 1 is 1.02 bits per heavy atom. The lowest BCUT2D eigenvalue weighted by Gasteiger charge is -2.42. The molecule has 8 nitrogen and oxygen atoms in total.